The van der Waals surface area contributed by atoms with Gasteiger partial charge < -0.3 is 10.1 Å². The summed E-state index contributed by atoms with van der Waals surface area (Å²) in [6.45, 7) is 5.38. The Hall–Kier alpha value is -2.82. The van der Waals surface area contributed by atoms with Gasteiger partial charge in [-0.2, -0.15) is 4.31 Å². The van der Waals surface area contributed by atoms with E-state index in [0.29, 0.717) is 38.2 Å². The van der Waals surface area contributed by atoms with Gasteiger partial charge in [0.2, 0.25) is 15.9 Å². The predicted molar refractivity (Wildman–Crippen MR) is 123 cm³/mol. The van der Waals surface area contributed by atoms with Crippen LogP contribution in [0.2, 0.25) is 0 Å². The van der Waals surface area contributed by atoms with Gasteiger partial charge in [-0.15, -0.1) is 0 Å². The summed E-state index contributed by atoms with van der Waals surface area (Å²) < 4.78 is 33.0. The third-order valence-electron chi connectivity index (χ3n) is 5.86. The highest BCUT2D eigenvalue weighted by Gasteiger charge is 2.33. The molecule has 0 saturated carbocycles. The van der Waals surface area contributed by atoms with Crippen LogP contribution in [0, 0.1) is 23.0 Å². The normalized spacial score (nSPS) is 15.3. The van der Waals surface area contributed by atoms with Crippen LogP contribution >= 0.6 is 0 Å². The Kier molecular flexibility index (Phi) is 8.17. The number of amides is 1. The molecule has 2 aromatic carbocycles. The Balaban J connectivity index is 1.60. The second-order valence-electron chi connectivity index (χ2n) is 8.01. The third-order valence-corrected chi connectivity index (χ3v) is 7.90. The predicted octanol–water partition coefficient (Wildman–Crippen LogP) is 3.16. The fraction of sp³-hybridized carbons (Fsp3) is 0.435. The lowest BCUT2D eigenvalue weighted by molar-refractivity contribution is -0.385. The molecule has 1 N–H and O–H groups in total. The highest BCUT2D eigenvalue weighted by Crippen LogP contribution is 2.28. The number of hydrogen-bond donors (Lipinski definition) is 1. The zero-order chi connectivity index (χ0) is 24.0. The van der Waals surface area contributed by atoms with Crippen molar-refractivity contribution in [3.05, 3.63) is 69.3 Å². The number of rotatable bonds is 9. The summed E-state index contributed by atoms with van der Waals surface area (Å²) in [5.74, 6) is -0.397. The molecule has 1 aliphatic heterocycles. The van der Waals surface area contributed by atoms with E-state index >= 15 is 0 Å². The Morgan fingerprint density at radius 1 is 1.18 bits per heavy atom. The molecule has 1 aliphatic rings. The number of sulfonamides is 1. The number of aryl methyl sites for hydroxylation is 1. The second-order valence-corrected chi connectivity index (χ2v) is 9.92. The number of hydrogen-bond acceptors (Lipinski definition) is 6. The number of carbonyl (C=O) groups excluding carboxylic acids is 1. The lowest BCUT2D eigenvalue weighted by Gasteiger charge is -2.31. The molecule has 0 spiro atoms. The van der Waals surface area contributed by atoms with Gasteiger partial charge in [0, 0.05) is 44.3 Å². The molecule has 0 atom stereocenters. The topological polar surface area (TPSA) is 119 Å². The van der Waals surface area contributed by atoms with Crippen molar-refractivity contribution in [1.82, 2.24) is 9.62 Å². The lowest BCUT2D eigenvalue weighted by Crippen LogP contribution is -2.43. The summed E-state index contributed by atoms with van der Waals surface area (Å²) in [6, 6.07) is 11.6. The Morgan fingerprint density at radius 3 is 2.48 bits per heavy atom. The standard InChI is InChI=1S/C23H29N3O6S/c1-3-32-16-20-7-5-4-6-19(20)15-24-23(27)18-10-12-25(13-11-18)33(30,31)22-14-21(26(28)29)9-8-17(22)2/h4-9,14,18H,3,10-13,15-16H2,1-2H3,(H,24,27). The SMILES string of the molecule is CCOCc1ccccc1CNC(=O)C1CCN(S(=O)(=O)c2cc([N+](=O)[O-])ccc2C)CC1. The smallest absolute Gasteiger partial charge is 0.270 e. The molecule has 3 rings (SSSR count). The van der Waals surface area contributed by atoms with Crippen LogP contribution in [-0.2, 0) is 32.7 Å². The largest absolute Gasteiger partial charge is 0.377 e. The summed E-state index contributed by atoms with van der Waals surface area (Å²) in [5.41, 5.74) is 2.19. The number of non-ortho nitro benzene ring substituents is 1. The molecule has 0 bridgehead atoms. The first kappa shape index (κ1) is 24.8. The summed E-state index contributed by atoms with van der Waals surface area (Å²) in [6.07, 6.45) is 0.777. The molecule has 0 radical (unpaired) electrons. The van der Waals surface area contributed by atoms with Crippen molar-refractivity contribution in [2.45, 2.75) is 44.7 Å². The third kappa shape index (κ3) is 5.95. The molecule has 1 fully saturated rings. The molecule has 1 amide bonds. The van der Waals surface area contributed by atoms with Gasteiger partial charge in [-0.05, 0) is 43.4 Å². The molecule has 0 aliphatic carbocycles. The van der Waals surface area contributed by atoms with Crippen molar-refractivity contribution in [2.24, 2.45) is 5.92 Å². The minimum absolute atomic E-state index is 0.0643. The molecule has 9 nitrogen and oxygen atoms in total. The molecular weight excluding hydrogens is 446 g/mol. The van der Waals surface area contributed by atoms with E-state index in [4.69, 9.17) is 4.74 Å². The molecule has 10 heteroatoms. The van der Waals surface area contributed by atoms with E-state index in [1.807, 2.05) is 31.2 Å². The van der Waals surface area contributed by atoms with Gasteiger partial charge in [-0.25, -0.2) is 8.42 Å². The molecule has 1 heterocycles. The van der Waals surface area contributed by atoms with Crippen molar-refractivity contribution in [3.63, 3.8) is 0 Å². The average molecular weight is 476 g/mol. The summed E-state index contributed by atoms with van der Waals surface area (Å²) in [7, 11) is -3.88. The van der Waals surface area contributed by atoms with E-state index in [-0.39, 0.29) is 35.5 Å². The fourth-order valence-electron chi connectivity index (χ4n) is 3.89. The van der Waals surface area contributed by atoms with Gasteiger partial charge in [0.05, 0.1) is 16.4 Å². The van der Waals surface area contributed by atoms with E-state index in [2.05, 4.69) is 5.32 Å². The molecule has 33 heavy (non-hydrogen) atoms. The quantitative estimate of drug-likeness (QED) is 0.440. The van der Waals surface area contributed by atoms with Gasteiger partial charge in [0.1, 0.15) is 0 Å². The lowest BCUT2D eigenvalue weighted by atomic mass is 9.97. The molecule has 0 aromatic heterocycles. The number of piperidine rings is 1. The number of nitro groups is 1. The number of ether oxygens (including phenoxy) is 1. The van der Waals surface area contributed by atoms with Gasteiger partial charge in [-0.3, -0.25) is 14.9 Å². The highest BCUT2D eigenvalue weighted by atomic mass is 32.2. The molecule has 2 aromatic rings. The maximum Gasteiger partial charge on any atom is 0.270 e. The fourth-order valence-corrected chi connectivity index (χ4v) is 5.60. The first-order valence-electron chi connectivity index (χ1n) is 10.9. The minimum atomic E-state index is -3.88. The van der Waals surface area contributed by atoms with E-state index < -0.39 is 14.9 Å². The van der Waals surface area contributed by atoms with Crippen molar-refractivity contribution in [2.75, 3.05) is 19.7 Å². The maximum absolute atomic E-state index is 13.1. The van der Waals surface area contributed by atoms with Gasteiger partial charge in [-0.1, -0.05) is 30.3 Å². The van der Waals surface area contributed by atoms with Crippen LogP contribution in [0.5, 0.6) is 0 Å². The van der Waals surface area contributed by atoms with Crippen LogP contribution < -0.4 is 5.32 Å². The van der Waals surface area contributed by atoms with Crippen LogP contribution in [0.15, 0.2) is 47.4 Å². The van der Waals surface area contributed by atoms with Crippen LogP contribution in [0.4, 0.5) is 5.69 Å². The monoisotopic (exact) mass is 475 g/mol. The number of benzene rings is 2. The number of nitrogens with one attached hydrogen (secondary N) is 1. The van der Waals surface area contributed by atoms with Crippen LogP contribution in [0.3, 0.4) is 0 Å². The van der Waals surface area contributed by atoms with Crippen molar-refractivity contribution in [3.8, 4) is 0 Å². The number of nitro benzene ring substituents is 1. The molecular formula is C23H29N3O6S. The summed E-state index contributed by atoms with van der Waals surface area (Å²) >= 11 is 0. The van der Waals surface area contributed by atoms with Crippen molar-refractivity contribution < 1.29 is 22.9 Å². The minimum Gasteiger partial charge on any atom is -0.377 e. The van der Waals surface area contributed by atoms with E-state index in [1.54, 1.807) is 6.92 Å². The molecule has 0 unspecified atom stereocenters. The highest BCUT2D eigenvalue weighted by molar-refractivity contribution is 7.89. The Morgan fingerprint density at radius 2 is 1.85 bits per heavy atom. The van der Waals surface area contributed by atoms with Crippen LogP contribution in [-0.4, -0.2) is 43.2 Å². The van der Waals surface area contributed by atoms with Crippen LogP contribution in [0.1, 0.15) is 36.5 Å². The first-order valence-corrected chi connectivity index (χ1v) is 12.4. The maximum atomic E-state index is 13.1. The van der Waals surface area contributed by atoms with E-state index in [9.17, 15) is 23.3 Å². The summed E-state index contributed by atoms with van der Waals surface area (Å²) in [5, 5.41) is 14.0. The van der Waals surface area contributed by atoms with Crippen LogP contribution in [0.25, 0.3) is 0 Å². The second kappa shape index (κ2) is 10.9. The van der Waals surface area contributed by atoms with Gasteiger partial charge >= 0.3 is 0 Å². The molecule has 1 saturated heterocycles. The summed E-state index contributed by atoms with van der Waals surface area (Å²) in [4.78, 5) is 23.1. The Bertz CT molecular complexity index is 1110. The first-order chi connectivity index (χ1) is 15.7. The zero-order valence-corrected chi connectivity index (χ0v) is 19.6. The molecule has 178 valence electrons. The van der Waals surface area contributed by atoms with Crippen molar-refractivity contribution >= 4 is 21.6 Å². The average Bonchev–Trinajstić information content (AvgIpc) is 2.81. The number of carbonyl (C=O) groups is 1. The van der Waals surface area contributed by atoms with E-state index in [1.165, 1.54) is 16.4 Å². The van der Waals surface area contributed by atoms with Gasteiger partial charge in [0.15, 0.2) is 0 Å². The van der Waals surface area contributed by atoms with E-state index in [0.717, 1.165) is 17.2 Å². The zero-order valence-electron chi connectivity index (χ0n) is 18.8. The Labute approximate surface area is 193 Å². The van der Waals surface area contributed by atoms with Gasteiger partial charge in [0.25, 0.3) is 5.69 Å². The van der Waals surface area contributed by atoms with Crippen molar-refractivity contribution in [1.29, 1.82) is 0 Å². The number of nitrogens with zero attached hydrogens (tertiary/aromatic N) is 2.